The Kier molecular flexibility index (Phi) is 5.59. The Labute approximate surface area is 150 Å². The lowest BCUT2D eigenvalue weighted by molar-refractivity contribution is -0.111. The Hall–Kier alpha value is -2.92. The van der Waals surface area contributed by atoms with Crippen LogP contribution in [0.5, 0.6) is 5.75 Å². The topological polar surface area (TPSA) is 51.2 Å². The third kappa shape index (κ3) is 5.02. The number of methoxy groups -OCH3 is 1. The average Bonchev–Trinajstić information content (AvgIpc) is 3.08. The van der Waals surface area contributed by atoms with Crippen LogP contribution in [0.4, 0.5) is 5.13 Å². The molecule has 0 aliphatic heterocycles. The van der Waals surface area contributed by atoms with Gasteiger partial charge in [-0.2, -0.15) is 0 Å². The molecule has 0 aliphatic rings. The second-order valence-electron chi connectivity index (χ2n) is 5.39. The minimum absolute atomic E-state index is 0.186. The van der Waals surface area contributed by atoms with E-state index < -0.39 is 0 Å². The van der Waals surface area contributed by atoms with Crippen LogP contribution in [-0.2, 0) is 11.2 Å². The molecule has 25 heavy (non-hydrogen) atoms. The third-order valence-electron chi connectivity index (χ3n) is 3.55. The van der Waals surface area contributed by atoms with E-state index in [0.29, 0.717) is 5.13 Å². The summed E-state index contributed by atoms with van der Waals surface area (Å²) in [6.45, 7) is 0. The number of carbonyl (C=O) groups is 1. The van der Waals surface area contributed by atoms with Crippen LogP contribution in [0.15, 0.2) is 66.9 Å². The lowest BCUT2D eigenvalue weighted by atomic mass is 10.1. The number of carbonyl (C=O) groups excluding carboxylic acids is 1. The number of hydrogen-bond donors (Lipinski definition) is 1. The van der Waals surface area contributed by atoms with Crippen molar-refractivity contribution in [3.63, 3.8) is 0 Å². The van der Waals surface area contributed by atoms with E-state index >= 15 is 0 Å². The van der Waals surface area contributed by atoms with Gasteiger partial charge in [-0.3, -0.25) is 10.1 Å². The molecule has 0 aliphatic carbocycles. The number of amides is 1. The predicted octanol–water partition coefficient (Wildman–Crippen LogP) is 4.39. The number of nitrogens with one attached hydrogen (secondary N) is 1. The highest BCUT2D eigenvalue weighted by Gasteiger charge is 2.05. The normalized spacial score (nSPS) is 10.8. The van der Waals surface area contributed by atoms with E-state index in [4.69, 9.17) is 4.74 Å². The number of ether oxygens (including phenoxy) is 1. The molecular weight excluding hydrogens is 332 g/mol. The first-order chi connectivity index (χ1) is 12.2. The van der Waals surface area contributed by atoms with E-state index in [1.54, 1.807) is 19.4 Å². The molecule has 0 saturated carbocycles. The predicted molar refractivity (Wildman–Crippen MR) is 102 cm³/mol. The number of hydrogen-bond acceptors (Lipinski definition) is 4. The first kappa shape index (κ1) is 16.9. The Morgan fingerprint density at radius 2 is 1.92 bits per heavy atom. The van der Waals surface area contributed by atoms with Crippen molar-refractivity contribution in [1.82, 2.24) is 4.98 Å². The second-order valence-corrected chi connectivity index (χ2v) is 6.51. The summed E-state index contributed by atoms with van der Waals surface area (Å²) < 4.78 is 5.16. The quantitative estimate of drug-likeness (QED) is 0.671. The summed E-state index contributed by atoms with van der Waals surface area (Å²) >= 11 is 1.48. The zero-order valence-electron chi connectivity index (χ0n) is 13.8. The van der Waals surface area contributed by atoms with Gasteiger partial charge < -0.3 is 4.74 Å². The van der Waals surface area contributed by atoms with E-state index in [1.165, 1.54) is 23.0 Å². The molecular formula is C20H18N2O2S. The molecule has 0 fully saturated rings. The summed E-state index contributed by atoms with van der Waals surface area (Å²) in [6, 6.07) is 17.6. The van der Waals surface area contributed by atoms with Crippen LogP contribution < -0.4 is 10.1 Å². The second kappa shape index (κ2) is 8.26. The maximum Gasteiger partial charge on any atom is 0.250 e. The van der Waals surface area contributed by atoms with Crippen molar-refractivity contribution in [2.24, 2.45) is 0 Å². The monoisotopic (exact) mass is 350 g/mol. The largest absolute Gasteiger partial charge is 0.497 e. The zero-order chi connectivity index (χ0) is 17.5. The molecule has 2 aromatic carbocycles. The molecule has 1 N–H and O–H groups in total. The van der Waals surface area contributed by atoms with Crippen LogP contribution >= 0.6 is 11.3 Å². The number of anilines is 1. The van der Waals surface area contributed by atoms with E-state index in [-0.39, 0.29) is 5.91 Å². The van der Waals surface area contributed by atoms with Gasteiger partial charge in [0.05, 0.1) is 7.11 Å². The fraction of sp³-hybridized carbons (Fsp3) is 0.100. The molecule has 1 aromatic heterocycles. The SMILES string of the molecule is COc1ccc(Cc2cnc(NC(=O)C=Cc3ccccc3)s2)cc1. The lowest BCUT2D eigenvalue weighted by Crippen LogP contribution is -2.06. The van der Waals surface area contributed by atoms with Gasteiger partial charge in [-0.25, -0.2) is 4.98 Å². The van der Waals surface area contributed by atoms with Crippen LogP contribution in [0.1, 0.15) is 16.0 Å². The lowest BCUT2D eigenvalue weighted by Gasteiger charge is -2.01. The summed E-state index contributed by atoms with van der Waals surface area (Å²) in [5, 5.41) is 3.40. The molecule has 0 atom stereocenters. The summed E-state index contributed by atoms with van der Waals surface area (Å²) in [4.78, 5) is 17.3. The molecule has 5 heteroatoms. The highest BCUT2D eigenvalue weighted by atomic mass is 32.1. The number of aromatic nitrogens is 1. The number of nitrogens with zero attached hydrogens (tertiary/aromatic N) is 1. The third-order valence-corrected chi connectivity index (χ3v) is 4.46. The van der Waals surface area contributed by atoms with Crippen molar-refractivity contribution < 1.29 is 9.53 Å². The zero-order valence-corrected chi connectivity index (χ0v) is 14.6. The first-order valence-corrected chi connectivity index (χ1v) is 8.66. The molecule has 1 amide bonds. The highest BCUT2D eigenvalue weighted by molar-refractivity contribution is 7.15. The number of benzene rings is 2. The van der Waals surface area contributed by atoms with Crippen LogP contribution in [0.2, 0.25) is 0 Å². The molecule has 0 radical (unpaired) electrons. The minimum Gasteiger partial charge on any atom is -0.497 e. The summed E-state index contributed by atoms with van der Waals surface area (Å²) in [5.41, 5.74) is 2.16. The van der Waals surface area contributed by atoms with Gasteiger partial charge in [0.25, 0.3) is 0 Å². The molecule has 126 valence electrons. The fourth-order valence-corrected chi connectivity index (χ4v) is 3.12. The van der Waals surface area contributed by atoms with Crippen LogP contribution in [0, 0.1) is 0 Å². The van der Waals surface area contributed by atoms with Crippen molar-refractivity contribution in [3.05, 3.63) is 82.9 Å². The Bertz CT molecular complexity index is 855. The Morgan fingerprint density at radius 3 is 2.64 bits per heavy atom. The summed E-state index contributed by atoms with van der Waals surface area (Å²) in [6.07, 6.45) is 5.86. The number of rotatable bonds is 6. The van der Waals surface area contributed by atoms with Gasteiger partial charge in [-0.05, 0) is 29.3 Å². The van der Waals surface area contributed by atoms with Gasteiger partial charge in [-0.15, -0.1) is 11.3 Å². The average molecular weight is 350 g/mol. The van der Waals surface area contributed by atoms with Gasteiger partial charge in [0.15, 0.2) is 5.13 Å². The maximum absolute atomic E-state index is 12.0. The summed E-state index contributed by atoms with van der Waals surface area (Å²) in [5.74, 6) is 0.653. The van der Waals surface area contributed by atoms with Crippen LogP contribution in [0.25, 0.3) is 6.08 Å². The van der Waals surface area contributed by atoms with Crippen molar-refractivity contribution in [2.45, 2.75) is 6.42 Å². The molecule has 0 bridgehead atoms. The van der Waals surface area contributed by atoms with Crippen molar-refractivity contribution in [2.75, 3.05) is 12.4 Å². The molecule has 0 unspecified atom stereocenters. The van der Waals surface area contributed by atoms with Crippen molar-refractivity contribution >= 4 is 28.5 Å². The van der Waals surface area contributed by atoms with Gasteiger partial charge in [-0.1, -0.05) is 42.5 Å². The Morgan fingerprint density at radius 1 is 1.16 bits per heavy atom. The van der Waals surface area contributed by atoms with E-state index in [2.05, 4.69) is 10.3 Å². The highest BCUT2D eigenvalue weighted by Crippen LogP contribution is 2.22. The molecule has 4 nitrogen and oxygen atoms in total. The van der Waals surface area contributed by atoms with Crippen molar-refractivity contribution in [3.8, 4) is 5.75 Å². The van der Waals surface area contributed by atoms with Gasteiger partial charge in [0, 0.05) is 23.6 Å². The Balaban J connectivity index is 1.57. The molecule has 0 spiro atoms. The standard InChI is InChI=1S/C20H18N2O2S/c1-24-17-10-7-16(8-11-17)13-18-14-21-20(25-18)22-19(23)12-9-15-5-3-2-4-6-15/h2-12,14H,13H2,1H3,(H,21,22,23). The number of thiazole rings is 1. The molecule has 1 heterocycles. The smallest absolute Gasteiger partial charge is 0.250 e. The van der Waals surface area contributed by atoms with Crippen LogP contribution in [0.3, 0.4) is 0 Å². The minimum atomic E-state index is -0.186. The molecule has 0 saturated heterocycles. The first-order valence-electron chi connectivity index (χ1n) is 7.85. The van der Waals surface area contributed by atoms with Gasteiger partial charge in [0.2, 0.25) is 5.91 Å². The molecule has 3 aromatic rings. The van der Waals surface area contributed by atoms with E-state index in [9.17, 15) is 4.79 Å². The van der Waals surface area contributed by atoms with E-state index in [1.807, 2.05) is 54.6 Å². The van der Waals surface area contributed by atoms with Crippen molar-refractivity contribution in [1.29, 1.82) is 0 Å². The van der Waals surface area contributed by atoms with Gasteiger partial charge >= 0.3 is 0 Å². The van der Waals surface area contributed by atoms with Gasteiger partial charge in [0.1, 0.15) is 5.75 Å². The fourth-order valence-electron chi connectivity index (χ4n) is 2.27. The summed E-state index contributed by atoms with van der Waals surface area (Å²) in [7, 11) is 1.65. The van der Waals surface area contributed by atoms with E-state index in [0.717, 1.165) is 22.6 Å². The maximum atomic E-state index is 12.0. The van der Waals surface area contributed by atoms with Crippen LogP contribution in [-0.4, -0.2) is 18.0 Å². The molecule has 3 rings (SSSR count).